The molecule has 1 aromatic rings. The summed E-state index contributed by atoms with van der Waals surface area (Å²) in [6.45, 7) is 14.1. The van der Waals surface area contributed by atoms with Gasteiger partial charge in [-0.25, -0.2) is 9.97 Å². The van der Waals surface area contributed by atoms with E-state index in [0.717, 1.165) is 56.3 Å². The standard InChI is InChI=1S/C15H29N5/c1-6-19(7-2)10-9-11-20(8-3)15-13(4)14(16-5)17-12-18-15/h12H,6-11H2,1-5H3,(H,16,17,18). The minimum atomic E-state index is 0.914. The van der Waals surface area contributed by atoms with Crippen LogP contribution in [0.3, 0.4) is 0 Å². The van der Waals surface area contributed by atoms with E-state index >= 15 is 0 Å². The van der Waals surface area contributed by atoms with Crippen molar-refractivity contribution < 1.29 is 0 Å². The Bertz CT molecular complexity index is 390. The Hall–Kier alpha value is -1.36. The molecule has 0 spiro atoms. The average Bonchev–Trinajstić information content (AvgIpc) is 2.48. The third-order valence-electron chi connectivity index (χ3n) is 3.77. The summed E-state index contributed by atoms with van der Waals surface area (Å²) in [5, 5.41) is 3.12. The van der Waals surface area contributed by atoms with Gasteiger partial charge >= 0.3 is 0 Å². The Balaban J connectivity index is 2.67. The van der Waals surface area contributed by atoms with Crippen LogP contribution >= 0.6 is 0 Å². The Morgan fingerprint density at radius 2 is 1.75 bits per heavy atom. The molecule has 0 aliphatic rings. The van der Waals surface area contributed by atoms with Gasteiger partial charge in [0.05, 0.1) is 0 Å². The summed E-state index contributed by atoms with van der Waals surface area (Å²) in [5.74, 6) is 1.96. The van der Waals surface area contributed by atoms with Gasteiger partial charge in [-0.2, -0.15) is 0 Å². The normalized spacial score (nSPS) is 10.9. The van der Waals surface area contributed by atoms with Crippen molar-refractivity contribution in [2.45, 2.75) is 34.1 Å². The molecule has 1 aromatic heterocycles. The van der Waals surface area contributed by atoms with Crippen molar-refractivity contribution in [3.63, 3.8) is 0 Å². The molecule has 1 rings (SSSR count). The van der Waals surface area contributed by atoms with Crippen LogP contribution in [0.25, 0.3) is 0 Å². The third kappa shape index (κ3) is 4.34. The fraction of sp³-hybridized carbons (Fsp3) is 0.733. The van der Waals surface area contributed by atoms with Crippen molar-refractivity contribution in [1.82, 2.24) is 14.9 Å². The molecule has 5 heteroatoms. The molecule has 1 N–H and O–H groups in total. The maximum absolute atomic E-state index is 4.46. The summed E-state index contributed by atoms with van der Waals surface area (Å²) in [6, 6.07) is 0. The number of hydrogen-bond acceptors (Lipinski definition) is 5. The zero-order valence-corrected chi connectivity index (χ0v) is 13.6. The molecule has 1 heterocycles. The molecule has 0 aliphatic heterocycles. The molecular formula is C15H29N5. The summed E-state index contributed by atoms with van der Waals surface area (Å²) in [4.78, 5) is 13.5. The van der Waals surface area contributed by atoms with Gasteiger partial charge < -0.3 is 15.1 Å². The van der Waals surface area contributed by atoms with Crippen molar-refractivity contribution in [2.24, 2.45) is 0 Å². The lowest BCUT2D eigenvalue weighted by molar-refractivity contribution is 0.300. The maximum atomic E-state index is 4.46. The highest BCUT2D eigenvalue weighted by Gasteiger charge is 2.12. The van der Waals surface area contributed by atoms with Gasteiger partial charge in [-0.05, 0) is 39.9 Å². The van der Waals surface area contributed by atoms with E-state index in [4.69, 9.17) is 0 Å². The predicted octanol–water partition coefficient (Wildman–Crippen LogP) is 2.38. The molecule has 0 atom stereocenters. The lowest BCUT2D eigenvalue weighted by atomic mass is 10.2. The second-order valence-electron chi connectivity index (χ2n) is 4.88. The fourth-order valence-electron chi connectivity index (χ4n) is 2.45. The Morgan fingerprint density at radius 1 is 1.05 bits per heavy atom. The molecule has 5 nitrogen and oxygen atoms in total. The van der Waals surface area contributed by atoms with Gasteiger partial charge in [0.25, 0.3) is 0 Å². The molecule has 0 saturated heterocycles. The van der Waals surface area contributed by atoms with Gasteiger partial charge in [0.2, 0.25) is 0 Å². The SMILES string of the molecule is CCN(CC)CCCN(CC)c1ncnc(NC)c1C. The number of aromatic nitrogens is 2. The number of anilines is 2. The number of hydrogen-bond donors (Lipinski definition) is 1. The molecule has 0 amide bonds. The van der Waals surface area contributed by atoms with Gasteiger partial charge in [0.1, 0.15) is 18.0 Å². The largest absolute Gasteiger partial charge is 0.373 e. The molecule has 0 fully saturated rings. The van der Waals surface area contributed by atoms with Crippen LogP contribution in [0.1, 0.15) is 32.8 Å². The first-order valence-corrected chi connectivity index (χ1v) is 7.64. The molecule has 0 radical (unpaired) electrons. The second kappa shape index (κ2) is 8.74. The summed E-state index contributed by atoms with van der Waals surface area (Å²) in [6.07, 6.45) is 2.80. The van der Waals surface area contributed by atoms with Gasteiger partial charge in [0.15, 0.2) is 0 Å². The van der Waals surface area contributed by atoms with Crippen LogP contribution < -0.4 is 10.2 Å². The van der Waals surface area contributed by atoms with Crippen LogP contribution in [0.2, 0.25) is 0 Å². The predicted molar refractivity (Wildman–Crippen MR) is 86.6 cm³/mol. The minimum Gasteiger partial charge on any atom is -0.373 e. The Morgan fingerprint density at radius 3 is 2.30 bits per heavy atom. The Labute approximate surface area is 123 Å². The number of nitrogens with zero attached hydrogens (tertiary/aromatic N) is 4. The molecule has 20 heavy (non-hydrogen) atoms. The average molecular weight is 279 g/mol. The van der Waals surface area contributed by atoms with E-state index in [9.17, 15) is 0 Å². The highest BCUT2D eigenvalue weighted by Crippen LogP contribution is 2.21. The highest BCUT2D eigenvalue weighted by molar-refractivity contribution is 5.57. The first-order valence-electron chi connectivity index (χ1n) is 7.64. The van der Waals surface area contributed by atoms with Gasteiger partial charge in [0, 0.05) is 25.7 Å². The van der Waals surface area contributed by atoms with Crippen molar-refractivity contribution in [3.05, 3.63) is 11.9 Å². The summed E-state index contributed by atoms with van der Waals surface area (Å²) in [5.41, 5.74) is 1.12. The van der Waals surface area contributed by atoms with E-state index < -0.39 is 0 Å². The second-order valence-corrected chi connectivity index (χ2v) is 4.88. The van der Waals surface area contributed by atoms with Crippen molar-refractivity contribution in [3.8, 4) is 0 Å². The van der Waals surface area contributed by atoms with E-state index in [-0.39, 0.29) is 0 Å². The molecule has 0 unspecified atom stereocenters. The lowest BCUT2D eigenvalue weighted by Crippen LogP contribution is -2.31. The number of rotatable bonds is 9. The third-order valence-corrected chi connectivity index (χ3v) is 3.77. The quantitative estimate of drug-likeness (QED) is 0.752. The molecule has 0 bridgehead atoms. The topological polar surface area (TPSA) is 44.3 Å². The maximum Gasteiger partial charge on any atom is 0.137 e. The van der Waals surface area contributed by atoms with Crippen LogP contribution in [0, 0.1) is 6.92 Å². The van der Waals surface area contributed by atoms with E-state index in [0.29, 0.717) is 0 Å². The van der Waals surface area contributed by atoms with Gasteiger partial charge in [-0.1, -0.05) is 13.8 Å². The van der Waals surface area contributed by atoms with Crippen molar-refractivity contribution >= 4 is 11.6 Å². The van der Waals surface area contributed by atoms with E-state index in [1.807, 2.05) is 7.05 Å². The van der Waals surface area contributed by atoms with Crippen LogP contribution in [0.4, 0.5) is 11.6 Å². The Kier molecular flexibility index (Phi) is 7.30. The zero-order chi connectivity index (χ0) is 15.0. The van der Waals surface area contributed by atoms with Crippen LogP contribution in [-0.2, 0) is 0 Å². The van der Waals surface area contributed by atoms with Crippen molar-refractivity contribution in [1.29, 1.82) is 0 Å². The minimum absolute atomic E-state index is 0.914. The molecule has 0 saturated carbocycles. The van der Waals surface area contributed by atoms with E-state index in [1.165, 1.54) is 0 Å². The molecule has 0 aromatic carbocycles. The molecule has 114 valence electrons. The van der Waals surface area contributed by atoms with Gasteiger partial charge in [-0.15, -0.1) is 0 Å². The molecule has 0 aliphatic carbocycles. The van der Waals surface area contributed by atoms with Crippen LogP contribution in [0.15, 0.2) is 6.33 Å². The van der Waals surface area contributed by atoms with Crippen molar-refractivity contribution in [2.75, 3.05) is 50.0 Å². The van der Waals surface area contributed by atoms with Gasteiger partial charge in [-0.3, -0.25) is 0 Å². The number of nitrogens with one attached hydrogen (secondary N) is 1. The first kappa shape index (κ1) is 16.7. The smallest absolute Gasteiger partial charge is 0.137 e. The summed E-state index contributed by atoms with van der Waals surface area (Å²) >= 11 is 0. The highest BCUT2D eigenvalue weighted by atomic mass is 15.2. The van der Waals surface area contributed by atoms with Crippen LogP contribution in [-0.4, -0.2) is 54.6 Å². The monoisotopic (exact) mass is 279 g/mol. The zero-order valence-electron chi connectivity index (χ0n) is 13.6. The summed E-state index contributed by atoms with van der Waals surface area (Å²) in [7, 11) is 1.90. The summed E-state index contributed by atoms with van der Waals surface area (Å²) < 4.78 is 0. The fourth-order valence-corrected chi connectivity index (χ4v) is 2.45. The van der Waals surface area contributed by atoms with Crippen LogP contribution in [0.5, 0.6) is 0 Å². The van der Waals surface area contributed by atoms with E-state index in [1.54, 1.807) is 6.33 Å². The first-order chi connectivity index (χ1) is 9.67. The van der Waals surface area contributed by atoms with E-state index in [2.05, 4.69) is 52.8 Å². The lowest BCUT2D eigenvalue weighted by Gasteiger charge is -2.26. The molecular weight excluding hydrogens is 250 g/mol.